The summed E-state index contributed by atoms with van der Waals surface area (Å²) >= 11 is 0. The number of nitrogens with zero attached hydrogens (tertiary/aromatic N) is 1. The molecule has 0 aromatic carbocycles. The zero-order chi connectivity index (χ0) is 19.2. The van der Waals surface area contributed by atoms with Crippen molar-refractivity contribution in [2.45, 2.75) is 96.7 Å². The molecule has 0 N–H and O–H groups in total. The molecule has 5 nitrogen and oxygen atoms in total. The Bertz CT molecular complexity index is 390. The maximum atomic E-state index is 5.92. The Kier molecular flexibility index (Phi) is 8.35. The van der Waals surface area contributed by atoms with E-state index < -0.39 is 0 Å². The molecule has 1 saturated carbocycles. The predicted molar refractivity (Wildman–Crippen MR) is 105 cm³/mol. The molecule has 2 fully saturated rings. The summed E-state index contributed by atoms with van der Waals surface area (Å²) in [6, 6.07) is 0. The number of rotatable bonds is 11. The average Bonchev–Trinajstić information content (AvgIpc) is 2.41. The van der Waals surface area contributed by atoms with Crippen molar-refractivity contribution in [1.29, 1.82) is 0 Å². The van der Waals surface area contributed by atoms with Crippen LogP contribution in [0.25, 0.3) is 0 Å². The third-order valence-corrected chi connectivity index (χ3v) is 4.94. The van der Waals surface area contributed by atoms with Crippen LogP contribution in [0.15, 0.2) is 0 Å². The minimum absolute atomic E-state index is 0.0438. The molecule has 0 unspecified atom stereocenters. The minimum atomic E-state index is -0.0438. The van der Waals surface area contributed by atoms with Gasteiger partial charge in [0.2, 0.25) is 0 Å². The standard InChI is InChI=1S/C21H41NO4/c1-20(2,3)22-15-19(16-22)25-12-8-10-23-9-7-11-24-17-13-18(14-17)26-21(4,5)6/h17-19H,7-16H2,1-6H3. The van der Waals surface area contributed by atoms with E-state index in [2.05, 4.69) is 46.4 Å². The summed E-state index contributed by atoms with van der Waals surface area (Å²) in [5.74, 6) is 0. The second-order valence-electron chi connectivity index (χ2n) is 9.70. The van der Waals surface area contributed by atoms with Gasteiger partial charge in [-0.2, -0.15) is 0 Å². The molecular weight excluding hydrogens is 330 g/mol. The van der Waals surface area contributed by atoms with E-state index in [0.717, 1.165) is 65.2 Å². The van der Waals surface area contributed by atoms with Crippen LogP contribution in [-0.4, -0.2) is 73.9 Å². The summed E-state index contributed by atoms with van der Waals surface area (Å²) in [4.78, 5) is 2.45. The van der Waals surface area contributed by atoms with Crippen molar-refractivity contribution in [3.05, 3.63) is 0 Å². The molecule has 26 heavy (non-hydrogen) atoms. The van der Waals surface area contributed by atoms with Gasteiger partial charge < -0.3 is 18.9 Å². The van der Waals surface area contributed by atoms with Crippen LogP contribution in [0.3, 0.4) is 0 Å². The van der Waals surface area contributed by atoms with Gasteiger partial charge in [0, 0.05) is 45.1 Å². The van der Waals surface area contributed by atoms with Gasteiger partial charge in [0.1, 0.15) is 0 Å². The molecule has 5 heteroatoms. The quantitative estimate of drug-likeness (QED) is 0.519. The molecule has 0 spiro atoms. The fourth-order valence-corrected chi connectivity index (χ4v) is 3.27. The first-order valence-corrected chi connectivity index (χ1v) is 10.4. The van der Waals surface area contributed by atoms with Crippen LogP contribution in [-0.2, 0) is 18.9 Å². The normalized spacial score (nSPS) is 25.2. The van der Waals surface area contributed by atoms with Crippen LogP contribution >= 0.6 is 0 Å². The highest BCUT2D eigenvalue weighted by molar-refractivity contribution is 4.89. The van der Waals surface area contributed by atoms with Gasteiger partial charge in [-0.1, -0.05) is 0 Å². The summed E-state index contributed by atoms with van der Waals surface area (Å²) in [6.45, 7) is 18.3. The lowest BCUT2D eigenvalue weighted by Crippen LogP contribution is -2.59. The van der Waals surface area contributed by atoms with E-state index in [1.165, 1.54) is 0 Å². The first kappa shape index (κ1) is 22.1. The van der Waals surface area contributed by atoms with Crippen LogP contribution in [0, 0.1) is 0 Å². The summed E-state index contributed by atoms with van der Waals surface area (Å²) in [5, 5.41) is 0. The molecule has 2 aliphatic rings. The SMILES string of the molecule is CC(C)(C)OC1CC(OCCCOCCCOC2CN(C(C)(C)C)C2)C1. The Hall–Kier alpha value is -0.200. The highest BCUT2D eigenvalue weighted by Crippen LogP contribution is 2.29. The third-order valence-electron chi connectivity index (χ3n) is 4.94. The Morgan fingerprint density at radius 1 is 0.731 bits per heavy atom. The number of hydrogen-bond donors (Lipinski definition) is 0. The minimum Gasteiger partial charge on any atom is -0.381 e. The van der Waals surface area contributed by atoms with Gasteiger partial charge in [0.15, 0.2) is 0 Å². The van der Waals surface area contributed by atoms with E-state index in [1.807, 2.05) is 0 Å². The molecule has 0 amide bonds. The smallest absolute Gasteiger partial charge is 0.0829 e. The first-order chi connectivity index (χ1) is 12.1. The summed E-state index contributed by atoms with van der Waals surface area (Å²) in [6.07, 6.45) is 5.17. The van der Waals surface area contributed by atoms with Crippen molar-refractivity contribution < 1.29 is 18.9 Å². The van der Waals surface area contributed by atoms with E-state index >= 15 is 0 Å². The average molecular weight is 372 g/mol. The molecule has 0 aromatic heterocycles. The van der Waals surface area contributed by atoms with Gasteiger partial charge in [-0.25, -0.2) is 0 Å². The fraction of sp³-hybridized carbons (Fsp3) is 1.00. The van der Waals surface area contributed by atoms with Crippen LogP contribution in [0.1, 0.15) is 67.2 Å². The van der Waals surface area contributed by atoms with Crippen molar-refractivity contribution >= 4 is 0 Å². The van der Waals surface area contributed by atoms with Gasteiger partial charge in [-0.15, -0.1) is 0 Å². The van der Waals surface area contributed by atoms with E-state index in [4.69, 9.17) is 18.9 Å². The van der Waals surface area contributed by atoms with E-state index in [-0.39, 0.29) is 11.1 Å². The molecule has 1 saturated heterocycles. The van der Waals surface area contributed by atoms with Crippen molar-refractivity contribution in [3.63, 3.8) is 0 Å². The van der Waals surface area contributed by atoms with E-state index in [9.17, 15) is 0 Å². The molecule has 0 bridgehead atoms. The van der Waals surface area contributed by atoms with Gasteiger partial charge in [0.25, 0.3) is 0 Å². The van der Waals surface area contributed by atoms with Crippen molar-refractivity contribution in [2.24, 2.45) is 0 Å². The zero-order valence-corrected chi connectivity index (χ0v) is 17.9. The second kappa shape index (κ2) is 9.83. The van der Waals surface area contributed by atoms with E-state index in [0.29, 0.717) is 18.3 Å². The van der Waals surface area contributed by atoms with Crippen molar-refractivity contribution in [1.82, 2.24) is 4.90 Å². The largest absolute Gasteiger partial charge is 0.381 e. The maximum Gasteiger partial charge on any atom is 0.0829 e. The van der Waals surface area contributed by atoms with Crippen molar-refractivity contribution in [2.75, 3.05) is 39.5 Å². The van der Waals surface area contributed by atoms with Gasteiger partial charge >= 0.3 is 0 Å². The molecular formula is C21H41NO4. The second-order valence-corrected chi connectivity index (χ2v) is 9.70. The fourth-order valence-electron chi connectivity index (χ4n) is 3.27. The summed E-state index contributed by atoms with van der Waals surface area (Å²) < 4.78 is 23.3. The number of ether oxygens (including phenoxy) is 4. The Labute approximate surface area is 160 Å². The van der Waals surface area contributed by atoms with Crippen LogP contribution in [0.4, 0.5) is 0 Å². The Morgan fingerprint density at radius 3 is 1.77 bits per heavy atom. The lowest BCUT2D eigenvalue weighted by Gasteiger charge is -2.47. The number of likely N-dealkylation sites (tertiary alicyclic amines) is 1. The Balaban J connectivity index is 1.31. The zero-order valence-electron chi connectivity index (χ0n) is 17.9. The van der Waals surface area contributed by atoms with Crippen LogP contribution in [0.5, 0.6) is 0 Å². The molecule has 2 rings (SSSR count). The Morgan fingerprint density at radius 2 is 1.27 bits per heavy atom. The third kappa shape index (κ3) is 8.22. The lowest BCUT2D eigenvalue weighted by molar-refractivity contribution is -0.149. The molecule has 0 atom stereocenters. The highest BCUT2D eigenvalue weighted by Gasteiger charge is 2.35. The summed E-state index contributed by atoms with van der Waals surface area (Å²) in [5.41, 5.74) is 0.225. The first-order valence-electron chi connectivity index (χ1n) is 10.4. The summed E-state index contributed by atoms with van der Waals surface area (Å²) in [7, 11) is 0. The topological polar surface area (TPSA) is 40.2 Å². The van der Waals surface area contributed by atoms with E-state index in [1.54, 1.807) is 0 Å². The monoisotopic (exact) mass is 371 g/mol. The predicted octanol–water partition coefficient (Wildman–Crippen LogP) is 3.65. The molecule has 1 aliphatic carbocycles. The van der Waals surface area contributed by atoms with Gasteiger partial charge in [-0.05, 0) is 67.2 Å². The molecule has 0 radical (unpaired) electrons. The highest BCUT2D eigenvalue weighted by atomic mass is 16.5. The molecule has 0 aromatic rings. The van der Waals surface area contributed by atoms with Crippen molar-refractivity contribution in [3.8, 4) is 0 Å². The lowest BCUT2D eigenvalue weighted by atomic mass is 9.91. The van der Waals surface area contributed by atoms with Gasteiger partial charge in [0.05, 0.1) is 23.9 Å². The molecule has 1 heterocycles. The van der Waals surface area contributed by atoms with Crippen LogP contribution in [0.2, 0.25) is 0 Å². The van der Waals surface area contributed by atoms with Gasteiger partial charge in [-0.3, -0.25) is 4.90 Å². The maximum absolute atomic E-state index is 5.92. The van der Waals surface area contributed by atoms with Crippen LogP contribution < -0.4 is 0 Å². The molecule has 154 valence electrons. The number of hydrogen-bond acceptors (Lipinski definition) is 5. The molecule has 1 aliphatic heterocycles.